The van der Waals surface area contributed by atoms with Gasteiger partial charge in [-0.3, -0.25) is 9.59 Å². The lowest BCUT2D eigenvalue weighted by Gasteiger charge is -2.16. The quantitative estimate of drug-likeness (QED) is 0.915. The molecule has 1 heterocycles. The van der Waals surface area contributed by atoms with E-state index in [9.17, 15) is 14.0 Å². The minimum atomic E-state index is -0.458. The molecular formula is C18H17FN2O3. The van der Waals surface area contributed by atoms with E-state index in [1.807, 2.05) is 0 Å². The maximum absolute atomic E-state index is 13.1. The fraction of sp³-hybridized carbons (Fsp3) is 0.222. The van der Waals surface area contributed by atoms with Gasteiger partial charge in [0.05, 0.1) is 5.92 Å². The van der Waals surface area contributed by atoms with Crippen molar-refractivity contribution in [2.75, 3.05) is 11.4 Å². The van der Waals surface area contributed by atoms with Crippen LogP contribution in [0.4, 0.5) is 10.1 Å². The van der Waals surface area contributed by atoms with Crippen molar-refractivity contribution in [2.24, 2.45) is 11.7 Å². The van der Waals surface area contributed by atoms with Gasteiger partial charge >= 0.3 is 0 Å². The number of rotatable bonds is 5. The topological polar surface area (TPSA) is 72.6 Å². The van der Waals surface area contributed by atoms with E-state index < -0.39 is 11.8 Å². The summed E-state index contributed by atoms with van der Waals surface area (Å²) in [5.41, 5.74) is 6.70. The van der Waals surface area contributed by atoms with Crippen LogP contribution < -0.4 is 15.4 Å². The average Bonchev–Trinajstić information content (AvgIpc) is 2.96. The first-order chi connectivity index (χ1) is 11.5. The molecule has 0 unspecified atom stereocenters. The lowest BCUT2D eigenvalue weighted by atomic mass is 10.1. The summed E-state index contributed by atoms with van der Waals surface area (Å²) in [6.45, 7) is 0.557. The molecule has 1 aliphatic heterocycles. The van der Waals surface area contributed by atoms with Crippen LogP contribution in [0.25, 0.3) is 0 Å². The van der Waals surface area contributed by atoms with Gasteiger partial charge in [-0.25, -0.2) is 4.39 Å². The first kappa shape index (κ1) is 16.0. The minimum Gasteiger partial charge on any atom is -0.489 e. The molecule has 5 nitrogen and oxygen atoms in total. The molecule has 0 radical (unpaired) electrons. The van der Waals surface area contributed by atoms with E-state index in [2.05, 4.69) is 0 Å². The summed E-state index contributed by atoms with van der Waals surface area (Å²) in [4.78, 5) is 24.7. The van der Waals surface area contributed by atoms with Gasteiger partial charge in [0.25, 0.3) is 0 Å². The number of nitrogens with zero attached hydrogens (tertiary/aromatic N) is 1. The Morgan fingerprint density at radius 2 is 2.00 bits per heavy atom. The van der Waals surface area contributed by atoms with Gasteiger partial charge < -0.3 is 15.4 Å². The molecule has 6 heteroatoms. The summed E-state index contributed by atoms with van der Waals surface area (Å²) in [5, 5.41) is 0. The first-order valence-electron chi connectivity index (χ1n) is 7.60. The maximum Gasteiger partial charge on any atom is 0.227 e. The van der Waals surface area contributed by atoms with Crippen molar-refractivity contribution < 1.29 is 18.7 Å². The molecule has 1 fully saturated rings. The fourth-order valence-electron chi connectivity index (χ4n) is 2.66. The molecule has 124 valence electrons. The second-order valence-electron chi connectivity index (χ2n) is 5.72. The highest BCUT2D eigenvalue weighted by atomic mass is 19.1. The molecule has 24 heavy (non-hydrogen) atoms. The molecule has 0 spiro atoms. The number of nitrogens with two attached hydrogens (primary N) is 1. The molecule has 0 aliphatic carbocycles. The van der Waals surface area contributed by atoms with Gasteiger partial charge in [-0.2, -0.15) is 0 Å². The summed E-state index contributed by atoms with van der Waals surface area (Å²) in [6.07, 6.45) is 0.146. The lowest BCUT2D eigenvalue weighted by Crippen LogP contribution is -2.28. The van der Waals surface area contributed by atoms with Gasteiger partial charge in [0, 0.05) is 18.7 Å². The molecule has 2 N–H and O–H groups in total. The number of benzene rings is 2. The van der Waals surface area contributed by atoms with E-state index in [-0.39, 0.29) is 24.8 Å². The highest BCUT2D eigenvalue weighted by molar-refractivity contribution is 6.00. The fourth-order valence-corrected chi connectivity index (χ4v) is 2.66. The Bertz CT molecular complexity index is 761. The third-order valence-electron chi connectivity index (χ3n) is 3.97. The molecule has 2 amide bonds. The standard InChI is InChI=1S/C18H17FN2O3/c19-14-3-1-2-12(8-14)11-24-16-6-4-15(5-7-16)21-10-13(18(20)23)9-17(21)22/h1-8,13H,9-11H2,(H2,20,23)/t13-/m1/s1. The Morgan fingerprint density at radius 3 is 2.62 bits per heavy atom. The molecule has 1 aliphatic rings. The molecule has 2 aromatic carbocycles. The van der Waals surface area contributed by atoms with Crippen LogP contribution in [-0.2, 0) is 16.2 Å². The second kappa shape index (κ2) is 6.70. The van der Waals surface area contributed by atoms with Crippen molar-refractivity contribution in [1.29, 1.82) is 0 Å². The van der Waals surface area contributed by atoms with Gasteiger partial charge in [-0.1, -0.05) is 12.1 Å². The number of carbonyl (C=O) groups is 2. The SMILES string of the molecule is NC(=O)[C@@H]1CC(=O)N(c2ccc(OCc3cccc(F)c3)cc2)C1. The number of halogens is 1. The van der Waals surface area contributed by atoms with Gasteiger partial charge in [0.2, 0.25) is 11.8 Å². The Hall–Kier alpha value is -2.89. The summed E-state index contributed by atoms with van der Waals surface area (Å²) in [7, 11) is 0. The second-order valence-corrected chi connectivity index (χ2v) is 5.72. The highest BCUT2D eigenvalue weighted by Crippen LogP contribution is 2.27. The number of hydrogen-bond donors (Lipinski definition) is 1. The third kappa shape index (κ3) is 3.53. The molecule has 2 aromatic rings. The molecule has 0 aromatic heterocycles. The van der Waals surface area contributed by atoms with Crippen molar-refractivity contribution in [3.8, 4) is 5.75 Å². The molecule has 1 atom stereocenters. The van der Waals surface area contributed by atoms with Crippen LogP contribution in [-0.4, -0.2) is 18.4 Å². The largest absolute Gasteiger partial charge is 0.489 e. The van der Waals surface area contributed by atoms with E-state index >= 15 is 0 Å². The Balaban J connectivity index is 1.63. The summed E-state index contributed by atoms with van der Waals surface area (Å²) in [6, 6.07) is 13.2. The number of primary amides is 1. The Morgan fingerprint density at radius 1 is 1.25 bits per heavy atom. The molecule has 3 rings (SSSR count). The number of ether oxygens (including phenoxy) is 1. The molecule has 0 saturated carbocycles. The van der Waals surface area contributed by atoms with Crippen LogP contribution in [0, 0.1) is 11.7 Å². The normalized spacial score (nSPS) is 17.1. The van der Waals surface area contributed by atoms with Crippen molar-refractivity contribution in [3.63, 3.8) is 0 Å². The monoisotopic (exact) mass is 328 g/mol. The van der Waals surface area contributed by atoms with Crippen LogP contribution in [0.5, 0.6) is 5.75 Å². The maximum atomic E-state index is 13.1. The van der Waals surface area contributed by atoms with Crippen LogP contribution >= 0.6 is 0 Å². The van der Waals surface area contributed by atoms with Gasteiger partial charge in [-0.15, -0.1) is 0 Å². The van der Waals surface area contributed by atoms with Gasteiger partial charge in [0.15, 0.2) is 0 Å². The summed E-state index contributed by atoms with van der Waals surface area (Å²) < 4.78 is 18.7. The van der Waals surface area contributed by atoms with E-state index in [0.29, 0.717) is 18.0 Å². The van der Waals surface area contributed by atoms with E-state index in [4.69, 9.17) is 10.5 Å². The van der Waals surface area contributed by atoms with E-state index in [1.165, 1.54) is 12.1 Å². The number of carbonyl (C=O) groups excluding carboxylic acids is 2. The van der Waals surface area contributed by atoms with Crippen LogP contribution in [0.15, 0.2) is 48.5 Å². The zero-order valence-corrected chi connectivity index (χ0v) is 12.9. The third-order valence-corrected chi connectivity index (χ3v) is 3.97. The molecular weight excluding hydrogens is 311 g/mol. The van der Waals surface area contributed by atoms with Crippen LogP contribution in [0.2, 0.25) is 0 Å². The van der Waals surface area contributed by atoms with Crippen molar-refractivity contribution in [2.45, 2.75) is 13.0 Å². The number of amides is 2. The predicted molar refractivity (Wildman–Crippen MR) is 86.8 cm³/mol. The lowest BCUT2D eigenvalue weighted by molar-refractivity contribution is -0.123. The van der Waals surface area contributed by atoms with Gasteiger partial charge in [-0.05, 0) is 42.0 Å². The minimum absolute atomic E-state index is 0.118. The van der Waals surface area contributed by atoms with Crippen LogP contribution in [0.1, 0.15) is 12.0 Å². The smallest absolute Gasteiger partial charge is 0.227 e. The van der Waals surface area contributed by atoms with E-state index in [0.717, 1.165) is 5.56 Å². The van der Waals surface area contributed by atoms with Gasteiger partial charge in [0.1, 0.15) is 18.2 Å². The zero-order valence-electron chi connectivity index (χ0n) is 12.9. The van der Waals surface area contributed by atoms with Crippen molar-refractivity contribution >= 4 is 17.5 Å². The Labute approximate surface area is 138 Å². The Kier molecular flexibility index (Phi) is 4.46. The zero-order chi connectivity index (χ0) is 17.1. The average molecular weight is 328 g/mol. The van der Waals surface area contributed by atoms with Crippen molar-refractivity contribution in [1.82, 2.24) is 0 Å². The number of anilines is 1. The summed E-state index contributed by atoms with van der Waals surface area (Å²) in [5.74, 6) is -0.710. The number of hydrogen-bond acceptors (Lipinski definition) is 3. The van der Waals surface area contributed by atoms with Crippen LogP contribution in [0.3, 0.4) is 0 Å². The molecule has 0 bridgehead atoms. The highest BCUT2D eigenvalue weighted by Gasteiger charge is 2.33. The summed E-state index contributed by atoms with van der Waals surface area (Å²) >= 11 is 0. The van der Waals surface area contributed by atoms with E-state index in [1.54, 1.807) is 41.3 Å². The molecule has 1 saturated heterocycles. The van der Waals surface area contributed by atoms with Crippen molar-refractivity contribution in [3.05, 3.63) is 59.9 Å². The predicted octanol–water partition coefficient (Wildman–Crippen LogP) is 2.24. The first-order valence-corrected chi connectivity index (χ1v) is 7.60.